The molecule has 0 spiro atoms. The first kappa shape index (κ1) is 15.0. The number of nitrogens with one attached hydrogen (secondary N) is 1. The van der Waals surface area contributed by atoms with Gasteiger partial charge in [-0.2, -0.15) is 0 Å². The topological polar surface area (TPSA) is 42.0 Å². The normalized spacial score (nSPS) is 10.4. The molecule has 1 heterocycles. The zero-order chi connectivity index (χ0) is 14.9. The molecule has 7 heteroatoms. The van der Waals surface area contributed by atoms with Gasteiger partial charge in [0.15, 0.2) is 5.15 Å². The highest BCUT2D eigenvalue weighted by Gasteiger charge is 2.14. The summed E-state index contributed by atoms with van der Waals surface area (Å²) < 4.78 is 13.1. The number of nitrogens with zero attached hydrogens (tertiary/aromatic N) is 1. The van der Waals surface area contributed by atoms with Gasteiger partial charge in [-0.3, -0.25) is 4.79 Å². The number of anilines is 1. The van der Waals surface area contributed by atoms with Crippen LogP contribution in [-0.4, -0.2) is 10.9 Å². The van der Waals surface area contributed by atoms with Crippen LogP contribution >= 0.6 is 34.8 Å². The SMILES string of the molecule is Cc1cc(Cl)nc(Cl)c1NC(=O)c1ccc(F)c(Cl)c1. The lowest BCUT2D eigenvalue weighted by atomic mass is 10.2. The van der Waals surface area contributed by atoms with Crippen molar-refractivity contribution in [1.82, 2.24) is 4.98 Å². The van der Waals surface area contributed by atoms with E-state index < -0.39 is 11.7 Å². The fourth-order valence-electron chi connectivity index (χ4n) is 1.57. The molecule has 1 amide bonds. The van der Waals surface area contributed by atoms with E-state index in [1.807, 2.05) is 0 Å². The molecule has 0 unspecified atom stereocenters. The molecule has 20 heavy (non-hydrogen) atoms. The van der Waals surface area contributed by atoms with E-state index in [1.54, 1.807) is 13.0 Å². The van der Waals surface area contributed by atoms with Crippen molar-refractivity contribution in [3.05, 3.63) is 56.5 Å². The number of pyridine rings is 1. The third-order valence-electron chi connectivity index (χ3n) is 2.56. The summed E-state index contributed by atoms with van der Waals surface area (Å²) in [5, 5.41) is 2.78. The zero-order valence-corrected chi connectivity index (χ0v) is 12.4. The number of hydrogen-bond donors (Lipinski definition) is 1. The van der Waals surface area contributed by atoms with E-state index in [1.165, 1.54) is 12.1 Å². The second-order valence-corrected chi connectivity index (χ2v) is 5.16. The van der Waals surface area contributed by atoms with Crippen LogP contribution < -0.4 is 5.32 Å². The van der Waals surface area contributed by atoms with Gasteiger partial charge < -0.3 is 5.32 Å². The van der Waals surface area contributed by atoms with Gasteiger partial charge in [0.05, 0.1) is 10.7 Å². The molecule has 0 atom stereocenters. The zero-order valence-electron chi connectivity index (χ0n) is 10.2. The molecule has 0 aliphatic carbocycles. The Hall–Kier alpha value is -1.36. The number of amides is 1. The summed E-state index contributed by atoms with van der Waals surface area (Å²) >= 11 is 17.3. The maximum Gasteiger partial charge on any atom is 0.255 e. The number of hydrogen-bond acceptors (Lipinski definition) is 2. The van der Waals surface area contributed by atoms with Crippen LogP contribution in [0.2, 0.25) is 15.3 Å². The van der Waals surface area contributed by atoms with E-state index in [4.69, 9.17) is 34.8 Å². The van der Waals surface area contributed by atoms with Crippen LogP contribution in [0.15, 0.2) is 24.3 Å². The second-order valence-electron chi connectivity index (χ2n) is 4.01. The summed E-state index contributed by atoms with van der Waals surface area (Å²) in [6, 6.07) is 5.24. The number of benzene rings is 1. The van der Waals surface area contributed by atoms with E-state index in [0.29, 0.717) is 11.3 Å². The number of halogens is 4. The minimum Gasteiger partial charge on any atom is -0.319 e. The molecule has 0 fully saturated rings. The highest BCUT2D eigenvalue weighted by molar-refractivity contribution is 6.35. The maximum atomic E-state index is 13.1. The molecule has 1 aromatic heterocycles. The largest absolute Gasteiger partial charge is 0.319 e. The summed E-state index contributed by atoms with van der Waals surface area (Å²) in [6.07, 6.45) is 0. The van der Waals surface area contributed by atoms with Crippen LogP contribution in [0.5, 0.6) is 0 Å². The van der Waals surface area contributed by atoms with Crippen molar-refractivity contribution in [3.8, 4) is 0 Å². The van der Waals surface area contributed by atoms with Gasteiger partial charge in [-0.05, 0) is 36.8 Å². The monoisotopic (exact) mass is 332 g/mol. The van der Waals surface area contributed by atoms with Gasteiger partial charge in [0.2, 0.25) is 0 Å². The summed E-state index contributed by atoms with van der Waals surface area (Å²) in [7, 11) is 0. The van der Waals surface area contributed by atoms with Gasteiger partial charge in [0.1, 0.15) is 11.0 Å². The molecule has 0 aliphatic rings. The summed E-state index contributed by atoms with van der Waals surface area (Å²) in [4.78, 5) is 15.9. The smallest absolute Gasteiger partial charge is 0.255 e. The fourth-order valence-corrected chi connectivity index (χ4v) is 2.33. The van der Waals surface area contributed by atoms with E-state index >= 15 is 0 Å². The Morgan fingerprint density at radius 1 is 1.25 bits per heavy atom. The molecule has 0 bridgehead atoms. The van der Waals surface area contributed by atoms with E-state index in [-0.39, 0.29) is 20.9 Å². The average Bonchev–Trinajstić information content (AvgIpc) is 2.36. The van der Waals surface area contributed by atoms with Crippen LogP contribution in [0, 0.1) is 12.7 Å². The van der Waals surface area contributed by atoms with Crippen LogP contribution in [0.25, 0.3) is 0 Å². The molecule has 0 radical (unpaired) electrons. The minimum atomic E-state index is -0.592. The average molecular weight is 334 g/mol. The lowest BCUT2D eigenvalue weighted by Crippen LogP contribution is -2.13. The first-order valence-electron chi connectivity index (χ1n) is 5.47. The lowest BCUT2D eigenvalue weighted by molar-refractivity contribution is 0.102. The second kappa shape index (κ2) is 5.95. The Labute approximate surface area is 129 Å². The molecule has 3 nitrogen and oxygen atoms in total. The molecule has 2 aromatic rings. The molecular weight excluding hydrogens is 326 g/mol. The first-order chi connectivity index (χ1) is 9.38. The van der Waals surface area contributed by atoms with Crippen molar-refractivity contribution in [3.63, 3.8) is 0 Å². The molecule has 0 aliphatic heterocycles. The van der Waals surface area contributed by atoms with E-state index in [9.17, 15) is 9.18 Å². The Kier molecular flexibility index (Phi) is 4.48. The Balaban J connectivity index is 2.30. The molecular formula is C13H8Cl3FN2O. The van der Waals surface area contributed by atoms with Crippen molar-refractivity contribution in [2.45, 2.75) is 6.92 Å². The standard InChI is InChI=1S/C13H8Cl3FN2O/c1-6-4-10(15)18-12(16)11(6)19-13(20)7-2-3-9(17)8(14)5-7/h2-5H,1H3,(H,19,20). The third kappa shape index (κ3) is 3.20. The van der Waals surface area contributed by atoms with Gasteiger partial charge in [0.25, 0.3) is 5.91 Å². The summed E-state index contributed by atoms with van der Waals surface area (Å²) in [5.74, 6) is -1.06. The van der Waals surface area contributed by atoms with Crippen molar-refractivity contribution < 1.29 is 9.18 Å². The lowest BCUT2D eigenvalue weighted by Gasteiger charge is -2.10. The number of carbonyl (C=O) groups is 1. The van der Waals surface area contributed by atoms with Gasteiger partial charge in [-0.15, -0.1) is 0 Å². The Morgan fingerprint density at radius 2 is 1.95 bits per heavy atom. The molecule has 2 rings (SSSR count). The minimum absolute atomic E-state index is 0.0801. The molecule has 0 saturated carbocycles. The molecule has 1 aromatic carbocycles. The van der Waals surface area contributed by atoms with Gasteiger partial charge in [0, 0.05) is 5.56 Å². The summed E-state index contributed by atoms with van der Waals surface area (Å²) in [5.41, 5.74) is 1.22. The Morgan fingerprint density at radius 3 is 2.55 bits per heavy atom. The predicted molar refractivity (Wildman–Crippen MR) is 78.4 cm³/mol. The molecule has 104 valence electrons. The predicted octanol–water partition coefficient (Wildman–Crippen LogP) is 4.74. The molecule has 1 N–H and O–H groups in total. The highest BCUT2D eigenvalue weighted by atomic mass is 35.5. The molecule has 0 saturated heterocycles. The van der Waals surface area contributed by atoms with Crippen LogP contribution in [0.3, 0.4) is 0 Å². The van der Waals surface area contributed by atoms with Crippen molar-refractivity contribution in [1.29, 1.82) is 0 Å². The number of aromatic nitrogens is 1. The van der Waals surface area contributed by atoms with Crippen LogP contribution in [-0.2, 0) is 0 Å². The van der Waals surface area contributed by atoms with Gasteiger partial charge in [-0.25, -0.2) is 9.37 Å². The third-order valence-corrected chi connectivity index (χ3v) is 3.32. The van der Waals surface area contributed by atoms with Gasteiger partial charge in [-0.1, -0.05) is 34.8 Å². The maximum absolute atomic E-state index is 13.1. The quantitative estimate of drug-likeness (QED) is 0.806. The van der Waals surface area contributed by atoms with Gasteiger partial charge >= 0.3 is 0 Å². The summed E-state index contributed by atoms with van der Waals surface area (Å²) in [6.45, 7) is 1.73. The highest BCUT2D eigenvalue weighted by Crippen LogP contribution is 2.27. The van der Waals surface area contributed by atoms with Crippen LogP contribution in [0.1, 0.15) is 15.9 Å². The number of carbonyl (C=O) groups excluding carboxylic acids is 1. The van der Waals surface area contributed by atoms with E-state index in [2.05, 4.69) is 10.3 Å². The Bertz CT molecular complexity index is 668. The van der Waals surface area contributed by atoms with E-state index in [0.717, 1.165) is 6.07 Å². The van der Waals surface area contributed by atoms with Crippen molar-refractivity contribution in [2.75, 3.05) is 5.32 Å². The number of rotatable bonds is 2. The number of aryl methyl sites for hydroxylation is 1. The fraction of sp³-hybridized carbons (Fsp3) is 0.0769. The van der Waals surface area contributed by atoms with Crippen molar-refractivity contribution >= 4 is 46.4 Å². The van der Waals surface area contributed by atoms with Crippen LogP contribution in [0.4, 0.5) is 10.1 Å². The first-order valence-corrected chi connectivity index (χ1v) is 6.61. The van der Waals surface area contributed by atoms with Crippen molar-refractivity contribution in [2.24, 2.45) is 0 Å².